The van der Waals surface area contributed by atoms with Gasteiger partial charge in [-0.05, 0) is 37.0 Å². The summed E-state index contributed by atoms with van der Waals surface area (Å²) in [6.07, 6.45) is 14.9. The van der Waals surface area contributed by atoms with Crippen molar-refractivity contribution in [1.82, 2.24) is 0 Å². The maximum absolute atomic E-state index is 6.21. The van der Waals surface area contributed by atoms with Crippen LogP contribution in [0.15, 0.2) is 0 Å². The molecule has 0 aromatic rings. The van der Waals surface area contributed by atoms with Crippen LogP contribution in [0.25, 0.3) is 0 Å². The Kier molecular flexibility index (Phi) is 20.8. The predicted octanol–water partition coefficient (Wildman–Crippen LogP) is 8.91. The second-order valence-electron chi connectivity index (χ2n) is 8.36. The molecule has 0 saturated heterocycles. The largest absolute Gasteiger partial charge is 0.332 e. The van der Waals surface area contributed by atoms with Crippen LogP contribution in [0.1, 0.15) is 119 Å². The van der Waals surface area contributed by atoms with Gasteiger partial charge in [-0.15, -0.1) is 0 Å². The lowest BCUT2D eigenvalue weighted by molar-refractivity contribution is 0.110. The molecule has 0 bridgehead atoms. The van der Waals surface area contributed by atoms with Crippen LogP contribution >= 0.6 is 8.60 Å². The normalized spacial score (nSPS) is 15.1. The average Bonchev–Trinajstić information content (AvgIpc) is 2.73. The van der Waals surface area contributed by atoms with Crippen LogP contribution in [0.4, 0.5) is 0 Å². The van der Waals surface area contributed by atoms with Crippen molar-refractivity contribution in [3.63, 3.8) is 0 Å². The maximum Gasteiger partial charge on any atom is 0.332 e. The van der Waals surface area contributed by atoms with Gasteiger partial charge in [0.25, 0.3) is 0 Å². The Balaban J connectivity index is 4.60. The molecule has 28 heavy (non-hydrogen) atoms. The molecule has 3 atom stereocenters. The molecule has 0 aromatic heterocycles. The zero-order valence-electron chi connectivity index (χ0n) is 20.0. The van der Waals surface area contributed by atoms with Gasteiger partial charge in [-0.2, -0.15) is 0 Å². The summed E-state index contributed by atoms with van der Waals surface area (Å²) in [6.45, 7) is 15.9. The van der Waals surface area contributed by atoms with Gasteiger partial charge in [0.1, 0.15) is 0 Å². The predicted molar refractivity (Wildman–Crippen MR) is 125 cm³/mol. The van der Waals surface area contributed by atoms with Gasteiger partial charge < -0.3 is 13.6 Å². The Labute approximate surface area is 178 Å². The van der Waals surface area contributed by atoms with Gasteiger partial charge in [0.2, 0.25) is 0 Å². The molecule has 0 radical (unpaired) electrons. The van der Waals surface area contributed by atoms with Crippen molar-refractivity contribution >= 4 is 8.60 Å². The molecule has 0 fully saturated rings. The lowest BCUT2D eigenvalue weighted by Gasteiger charge is -2.24. The molecule has 3 nitrogen and oxygen atoms in total. The average molecular weight is 419 g/mol. The zero-order chi connectivity index (χ0) is 21.0. The van der Waals surface area contributed by atoms with Gasteiger partial charge in [-0.25, -0.2) is 0 Å². The number of hydrogen-bond donors (Lipinski definition) is 0. The van der Waals surface area contributed by atoms with E-state index in [0.29, 0.717) is 17.8 Å². The molecule has 170 valence electrons. The monoisotopic (exact) mass is 418 g/mol. The van der Waals surface area contributed by atoms with Crippen LogP contribution in [-0.4, -0.2) is 19.8 Å². The Bertz CT molecular complexity index is 267. The first-order valence-electron chi connectivity index (χ1n) is 12.3. The van der Waals surface area contributed by atoms with Crippen LogP contribution in [0, 0.1) is 17.8 Å². The van der Waals surface area contributed by atoms with E-state index < -0.39 is 8.60 Å². The minimum absolute atomic E-state index is 0.626. The summed E-state index contributed by atoms with van der Waals surface area (Å²) < 4.78 is 18.6. The van der Waals surface area contributed by atoms with E-state index in [-0.39, 0.29) is 0 Å². The Hall–Kier alpha value is 0.310. The molecule has 0 spiro atoms. The fraction of sp³-hybridized carbons (Fsp3) is 1.00. The van der Waals surface area contributed by atoms with E-state index in [0.717, 1.165) is 19.8 Å². The summed E-state index contributed by atoms with van der Waals surface area (Å²) in [7, 11) is -1.22. The fourth-order valence-corrected chi connectivity index (χ4v) is 4.53. The van der Waals surface area contributed by atoms with Crippen LogP contribution in [0.5, 0.6) is 0 Å². The summed E-state index contributed by atoms with van der Waals surface area (Å²) in [6, 6.07) is 0. The highest BCUT2D eigenvalue weighted by molar-refractivity contribution is 7.41. The molecule has 0 heterocycles. The fourth-order valence-electron chi connectivity index (χ4n) is 3.30. The molecule has 0 aliphatic heterocycles. The van der Waals surface area contributed by atoms with E-state index in [4.69, 9.17) is 13.6 Å². The maximum atomic E-state index is 6.21. The Morgan fingerprint density at radius 2 is 0.786 bits per heavy atom. The summed E-state index contributed by atoms with van der Waals surface area (Å²) in [4.78, 5) is 0. The molecule has 0 rings (SSSR count). The minimum Gasteiger partial charge on any atom is -0.312 e. The molecule has 0 aliphatic carbocycles. The highest BCUT2D eigenvalue weighted by Crippen LogP contribution is 2.42. The standard InChI is InChI=1S/C24H51O3P/c1-7-13-16-22(10-4)19-25-28(26-20-23(11-5)17-14-8-2)27-21-24(12-6)18-15-9-3/h22-24H,7-21H2,1-6H3/t22-,23-,24+/m1/s1. The van der Waals surface area contributed by atoms with E-state index in [1.165, 1.54) is 77.0 Å². The van der Waals surface area contributed by atoms with Gasteiger partial charge in [0, 0.05) is 0 Å². The second kappa shape index (κ2) is 20.6. The minimum atomic E-state index is -1.22. The molecule has 0 aliphatic rings. The van der Waals surface area contributed by atoms with Crippen molar-refractivity contribution in [2.45, 2.75) is 119 Å². The summed E-state index contributed by atoms with van der Waals surface area (Å²) in [5.74, 6) is 1.88. The first-order chi connectivity index (χ1) is 13.6. The molecule has 0 N–H and O–H groups in total. The molecule has 4 heteroatoms. The summed E-state index contributed by atoms with van der Waals surface area (Å²) >= 11 is 0. The van der Waals surface area contributed by atoms with Gasteiger partial charge in [-0.3, -0.25) is 0 Å². The van der Waals surface area contributed by atoms with Crippen LogP contribution in [0.2, 0.25) is 0 Å². The topological polar surface area (TPSA) is 27.7 Å². The van der Waals surface area contributed by atoms with Gasteiger partial charge in [0.15, 0.2) is 0 Å². The smallest absolute Gasteiger partial charge is 0.312 e. The quantitative estimate of drug-likeness (QED) is 0.174. The Morgan fingerprint density at radius 3 is 1.00 bits per heavy atom. The molecule has 0 saturated carbocycles. The lowest BCUT2D eigenvalue weighted by Crippen LogP contribution is -2.13. The van der Waals surface area contributed by atoms with E-state index >= 15 is 0 Å². The third-order valence-corrected chi connectivity index (χ3v) is 6.96. The zero-order valence-corrected chi connectivity index (χ0v) is 20.9. The third kappa shape index (κ3) is 15.2. The van der Waals surface area contributed by atoms with Crippen molar-refractivity contribution in [2.75, 3.05) is 19.8 Å². The SMILES string of the molecule is CCCC[C@@H](CC)COP(OC[C@H](CC)CCCC)OC[C@@H](CC)CCCC. The van der Waals surface area contributed by atoms with Crippen LogP contribution in [0.3, 0.4) is 0 Å². The number of unbranched alkanes of at least 4 members (excludes halogenated alkanes) is 3. The highest BCUT2D eigenvalue weighted by Gasteiger charge is 2.20. The van der Waals surface area contributed by atoms with E-state index in [2.05, 4.69) is 41.5 Å². The molecule has 0 aromatic carbocycles. The third-order valence-electron chi connectivity index (χ3n) is 5.88. The van der Waals surface area contributed by atoms with Crippen LogP contribution in [-0.2, 0) is 13.6 Å². The Morgan fingerprint density at radius 1 is 0.500 bits per heavy atom. The van der Waals surface area contributed by atoms with E-state index in [1.54, 1.807) is 0 Å². The van der Waals surface area contributed by atoms with Crippen molar-refractivity contribution in [3.05, 3.63) is 0 Å². The number of rotatable bonds is 21. The van der Waals surface area contributed by atoms with Gasteiger partial charge >= 0.3 is 8.60 Å². The second-order valence-corrected chi connectivity index (χ2v) is 9.58. The first-order valence-corrected chi connectivity index (χ1v) is 13.4. The summed E-state index contributed by atoms with van der Waals surface area (Å²) in [5, 5.41) is 0. The molecular formula is C24H51O3P. The molecule has 0 amide bonds. The number of hydrogen-bond acceptors (Lipinski definition) is 3. The van der Waals surface area contributed by atoms with E-state index in [9.17, 15) is 0 Å². The van der Waals surface area contributed by atoms with Gasteiger partial charge in [0.05, 0.1) is 19.8 Å². The van der Waals surface area contributed by atoms with Crippen molar-refractivity contribution in [3.8, 4) is 0 Å². The van der Waals surface area contributed by atoms with E-state index in [1.807, 2.05) is 0 Å². The van der Waals surface area contributed by atoms with Crippen molar-refractivity contribution < 1.29 is 13.6 Å². The first kappa shape index (κ1) is 28.3. The molecule has 0 unspecified atom stereocenters. The highest BCUT2D eigenvalue weighted by atomic mass is 31.2. The molecular weight excluding hydrogens is 367 g/mol. The lowest BCUT2D eigenvalue weighted by atomic mass is 10.0. The van der Waals surface area contributed by atoms with Crippen molar-refractivity contribution in [1.29, 1.82) is 0 Å². The summed E-state index contributed by atoms with van der Waals surface area (Å²) in [5.41, 5.74) is 0. The van der Waals surface area contributed by atoms with Gasteiger partial charge in [-0.1, -0.05) is 99.3 Å². The van der Waals surface area contributed by atoms with Crippen molar-refractivity contribution in [2.24, 2.45) is 17.8 Å². The van der Waals surface area contributed by atoms with Crippen LogP contribution < -0.4 is 0 Å².